The van der Waals surface area contributed by atoms with Gasteiger partial charge in [-0.25, -0.2) is 4.79 Å². The second kappa shape index (κ2) is 8.99. The maximum absolute atomic E-state index is 12.6. The molecule has 2 aliphatic heterocycles. The van der Waals surface area contributed by atoms with Crippen LogP contribution in [0.2, 0.25) is 0 Å². The Hall–Kier alpha value is -2.41. The largest absolute Gasteiger partial charge is 0.350 e. The third-order valence-electron chi connectivity index (χ3n) is 6.87. The number of likely N-dealkylation sites (tertiary alicyclic amines) is 1. The lowest BCUT2D eigenvalue weighted by atomic mass is 9.91. The predicted octanol–water partition coefficient (Wildman–Crippen LogP) is 2.65. The molecule has 2 heterocycles. The summed E-state index contributed by atoms with van der Waals surface area (Å²) in [5.41, 5.74) is 1.51. The van der Waals surface area contributed by atoms with Crippen molar-refractivity contribution < 1.29 is 14.4 Å². The molecule has 1 saturated carbocycles. The van der Waals surface area contributed by atoms with Crippen LogP contribution >= 0.6 is 0 Å². The highest BCUT2D eigenvalue weighted by atomic mass is 16.2. The smallest absolute Gasteiger partial charge is 0.325 e. The molecular formula is C24H34N4O3. The molecule has 3 fully saturated rings. The summed E-state index contributed by atoms with van der Waals surface area (Å²) < 4.78 is 0. The van der Waals surface area contributed by atoms with Gasteiger partial charge in [0.05, 0.1) is 0 Å². The van der Waals surface area contributed by atoms with Crippen LogP contribution in [0.1, 0.15) is 57.1 Å². The average Bonchev–Trinajstić information content (AvgIpc) is 3.27. The maximum Gasteiger partial charge on any atom is 0.325 e. The van der Waals surface area contributed by atoms with E-state index in [1.807, 2.05) is 12.1 Å². The van der Waals surface area contributed by atoms with Gasteiger partial charge in [-0.2, -0.15) is 0 Å². The van der Waals surface area contributed by atoms with Crippen LogP contribution in [0.3, 0.4) is 0 Å². The summed E-state index contributed by atoms with van der Waals surface area (Å²) >= 11 is 0. The number of imide groups is 1. The molecule has 1 aliphatic carbocycles. The molecule has 1 spiro atoms. The van der Waals surface area contributed by atoms with E-state index in [-0.39, 0.29) is 18.4 Å². The minimum atomic E-state index is -0.767. The van der Waals surface area contributed by atoms with Crippen molar-refractivity contribution in [3.8, 4) is 0 Å². The molecule has 7 nitrogen and oxygen atoms in total. The van der Waals surface area contributed by atoms with Gasteiger partial charge in [-0.3, -0.25) is 19.4 Å². The fourth-order valence-electron chi connectivity index (χ4n) is 5.48. The van der Waals surface area contributed by atoms with Gasteiger partial charge in [0, 0.05) is 26.2 Å². The van der Waals surface area contributed by atoms with Gasteiger partial charge >= 0.3 is 6.03 Å². The number of benzene rings is 1. The topological polar surface area (TPSA) is 81.8 Å². The molecule has 2 N–H and O–H groups in total. The number of hydrogen-bond acceptors (Lipinski definition) is 4. The molecule has 3 aliphatic rings. The van der Waals surface area contributed by atoms with Gasteiger partial charge in [-0.05, 0) is 42.2 Å². The second-order valence-corrected chi connectivity index (χ2v) is 9.84. The monoisotopic (exact) mass is 426 g/mol. The second-order valence-electron chi connectivity index (χ2n) is 9.84. The summed E-state index contributed by atoms with van der Waals surface area (Å²) in [5.74, 6) is 0.910. The zero-order chi connectivity index (χ0) is 22.0. The number of carbonyl (C=O) groups is 3. The predicted molar refractivity (Wildman–Crippen MR) is 118 cm³/mol. The van der Waals surface area contributed by atoms with Crippen LogP contribution in [-0.2, 0) is 22.7 Å². The number of urea groups is 1. The van der Waals surface area contributed by atoms with Crippen molar-refractivity contribution in [3.63, 3.8) is 0 Å². The Kier molecular flexibility index (Phi) is 6.32. The van der Waals surface area contributed by atoms with Crippen molar-refractivity contribution in [1.82, 2.24) is 20.4 Å². The third-order valence-corrected chi connectivity index (χ3v) is 6.87. The van der Waals surface area contributed by atoms with Crippen LogP contribution in [0.4, 0.5) is 4.79 Å². The highest BCUT2D eigenvalue weighted by molar-refractivity contribution is 6.09. The quantitative estimate of drug-likeness (QED) is 0.685. The number of nitrogens with zero attached hydrogens (tertiary/aromatic N) is 2. The van der Waals surface area contributed by atoms with Crippen molar-refractivity contribution in [2.45, 2.75) is 64.6 Å². The van der Waals surface area contributed by atoms with Crippen molar-refractivity contribution in [1.29, 1.82) is 0 Å². The minimum absolute atomic E-state index is 0.226. The van der Waals surface area contributed by atoms with Crippen LogP contribution in [-0.4, -0.2) is 52.8 Å². The lowest BCUT2D eigenvalue weighted by Crippen LogP contribution is -2.45. The zero-order valence-corrected chi connectivity index (χ0v) is 18.7. The van der Waals surface area contributed by atoms with E-state index < -0.39 is 11.6 Å². The fraction of sp³-hybridized carbons (Fsp3) is 0.625. The maximum atomic E-state index is 12.6. The van der Waals surface area contributed by atoms with Crippen LogP contribution < -0.4 is 10.6 Å². The molecule has 0 aromatic heterocycles. The van der Waals surface area contributed by atoms with Crippen LogP contribution in [0.25, 0.3) is 0 Å². The van der Waals surface area contributed by atoms with E-state index in [4.69, 9.17) is 0 Å². The van der Waals surface area contributed by atoms with E-state index in [0.717, 1.165) is 54.8 Å². The van der Waals surface area contributed by atoms with Gasteiger partial charge in [0.2, 0.25) is 5.91 Å². The standard InChI is InChI=1S/C24H34N4O3/c1-17-11-18(2)14-27(13-17)15-20-7-5-19(6-8-20)12-25-21(29)16-28-22(30)24(26-23(28)31)9-3-4-10-24/h5-8,17-18H,3-4,9-16H2,1-2H3,(H,25,29)(H,26,31)/t17-,18-/m1/s1. The summed E-state index contributed by atoms with van der Waals surface area (Å²) in [4.78, 5) is 40.8. The fourth-order valence-corrected chi connectivity index (χ4v) is 5.48. The van der Waals surface area contributed by atoms with Crippen molar-refractivity contribution in [2.75, 3.05) is 19.6 Å². The molecule has 0 unspecified atom stereocenters. The molecule has 0 bridgehead atoms. The summed E-state index contributed by atoms with van der Waals surface area (Å²) in [7, 11) is 0. The molecule has 7 heteroatoms. The van der Waals surface area contributed by atoms with E-state index in [1.54, 1.807) is 0 Å². The van der Waals surface area contributed by atoms with E-state index in [0.29, 0.717) is 19.4 Å². The van der Waals surface area contributed by atoms with Crippen LogP contribution in [0.5, 0.6) is 0 Å². The molecule has 2 atom stereocenters. The Morgan fingerprint density at radius 3 is 2.32 bits per heavy atom. The lowest BCUT2D eigenvalue weighted by molar-refractivity contribution is -0.134. The Balaban J connectivity index is 1.25. The Labute approximate surface area is 184 Å². The van der Waals surface area contributed by atoms with Gasteiger partial charge in [-0.1, -0.05) is 51.0 Å². The SMILES string of the molecule is C[C@@H]1C[C@@H](C)CN(Cc2ccc(CNC(=O)CN3C(=O)NC4(CCCC4)C3=O)cc2)C1. The zero-order valence-electron chi connectivity index (χ0n) is 18.7. The Bertz CT molecular complexity index is 822. The van der Waals surface area contributed by atoms with E-state index in [2.05, 4.69) is 41.5 Å². The first kappa shape index (κ1) is 21.8. The first-order valence-electron chi connectivity index (χ1n) is 11.6. The number of rotatable bonds is 6. The molecule has 4 rings (SSSR count). The number of amides is 4. The van der Waals surface area contributed by atoms with Crippen molar-refractivity contribution in [3.05, 3.63) is 35.4 Å². The van der Waals surface area contributed by atoms with Gasteiger partial charge < -0.3 is 10.6 Å². The van der Waals surface area contributed by atoms with Gasteiger partial charge in [0.25, 0.3) is 5.91 Å². The third kappa shape index (κ3) is 4.92. The van der Waals surface area contributed by atoms with Gasteiger partial charge in [0.1, 0.15) is 12.1 Å². The first-order chi connectivity index (χ1) is 14.8. The number of nitrogens with one attached hydrogen (secondary N) is 2. The van der Waals surface area contributed by atoms with E-state index in [1.165, 1.54) is 12.0 Å². The molecule has 1 aromatic rings. The highest BCUT2D eigenvalue weighted by Gasteiger charge is 2.52. The molecule has 0 radical (unpaired) electrons. The Morgan fingerprint density at radius 2 is 1.68 bits per heavy atom. The molecular weight excluding hydrogens is 392 g/mol. The summed E-state index contributed by atoms with van der Waals surface area (Å²) in [6.07, 6.45) is 4.49. The molecule has 168 valence electrons. The van der Waals surface area contributed by atoms with Gasteiger partial charge in [-0.15, -0.1) is 0 Å². The van der Waals surface area contributed by atoms with Crippen LogP contribution in [0, 0.1) is 11.8 Å². The van der Waals surface area contributed by atoms with E-state index in [9.17, 15) is 14.4 Å². The number of piperidine rings is 1. The van der Waals surface area contributed by atoms with Crippen molar-refractivity contribution >= 4 is 17.8 Å². The molecule has 1 aromatic carbocycles. The number of carbonyl (C=O) groups excluding carboxylic acids is 3. The number of hydrogen-bond donors (Lipinski definition) is 2. The summed E-state index contributed by atoms with van der Waals surface area (Å²) in [6.45, 7) is 8.04. The van der Waals surface area contributed by atoms with Gasteiger partial charge in [0.15, 0.2) is 0 Å². The molecule has 4 amide bonds. The average molecular weight is 427 g/mol. The molecule has 31 heavy (non-hydrogen) atoms. The normalized spacial score (nSPS) is 25.8. The van der Waals surface area contributed by atoms with Crippen LogP contribution in [0.15, 0.2) is 24.3 Å². The molecule has 2 saturated heterocycles. The highest BCUT2D eigenvalue weighted by Crippen LogP contribution is 2.34. The lowest BCUT2D eigenvalue weighted by Gasteiger charge is -2.35. The minimum Gasteiger partial charge on any atom is -0.350 e. The van der Waals surface area contributed by atoms with Crippen molar-refractivity contribution in [2.24, 2.45) is 11.8 Å². The van der Waals surface area contributed by atoms with E-state index >= 15 is 0 Å². The first-order valence-corrected chi connectivity index (χ1v) is 11.6. The summed E-state index contributed by atoms with van der Waals surface area (Å²) in [6, 6.07) is 7.86. The Morgan fingerprint density at radius 1 is 1.06 bits per heavy atom. The summed E-state index contributed by atoms with van der Waals surface area (Å²) in [5, 5.41) is 5.64.